The van der Waals surface area contributed by atoms with Crippen LogP contribution in [-0.2, 0) is 10.0 Å². The van der Waals surface area contributed by atoms with Gasteiger partial charge in [-0.15, -0.1) is 0 Å². The Morgan fingerprint density at radius 1 is 0.967 bits per heavy atom. The molecular formula is C23H31N3O3S. The van der Waals surface area contributed by atoms with Gasteiger partial charge in [0.25, 0.3) is 5.91 Å². The van der Waals surface area contributed by atoms with Gasteiger partial charge in [0.2, 0.25) is 10.0 Å². The molecule has 1 aliphatic rings. The van der Waals surface area contributed by atoms with Gasteiger partial charge in [-0.05, 0) is 63.6 Å². The minimum absolute atomic E-state index is 0.184. The number of piperazine rings is 1. The Morgan fingerprint density at radius 3 is 2.27 bits per heavy atom. The van der Waals surface area contributed by atoms with Gasteiger partial charge in [0, 0.05) is 31.7 Å². The lowest BCUT2D eigenvalue weighted by Crippen LogP contribution is -2.47. The Hall–Kier alpha value is -2.22. The first-order chi connectivity index (χ1) is 14.1. The number of aryl methyl sites for hydroxylation is 3. The van der Waals surface area contributed by atoms with Crippen molar-refractivity contribution in [2.45, 2.75) is 38.6 Å². The number of carbonyl (C=O) groups excluding carboxylic acids is 1. The first-order valence-electron chi connectivity index (χ1n) is 10.3. The molecule has 30 heavy (non-hydrogen) atoms. The fourth-order valence-electron chi connectivity index (χ4n) is 3.77. The number of hydrogen-bond donors (Lipinski definition) is 1. The smallest absolute Gasteiger partial charge is 0.251 e. The SMILES string of the molecule is Cc1ccc(C)c(C(C)NC(=O)c2ccc(C)c(S(=O)(=O)N3CCN(C)CC3)c2)c1. The quantitative estimate of drug-likeness (QED) is 0.793. The van der Waals surface area contributed by atoms with E-state index in [1.807, 2.05) is 40.0 Å². The molecule has 0 bridgehead atoms. The van der Waals surface area contributed by atoms with Gasteiger partial charge in [-0.25, -0.2) is 8.42 Å². The Morgan fingerprint density at radius 2 is 1.60 bits per heavy atom. The molecule has 0 saturated carbocycles. The van der Waals surface area contributed by atoms with Gasteiger partial charge in [-0.2, -0.15) is 4.31 Å². The topological polar surface area (TPSA) is 69.7 Å². The minimum Gasteiger partial charge on any atom is -0.346 e. The molecule has 1 heterocycles. The number of benzene rings is 2. The van der Waals surface area contributed by atoms with Crippen molar-refractivity contribution >= 4 is 15.9 Å². The molecule has 1 atom stereocenters. The molecule has 7 heteroatoms. The van der Waals surface area contributed by atoms with Gasteiger partial charge in [0.1, 0.15) is 0 Å². The molecule has 1 unspecified atom stereocenters. The largest absolute Gasteiger partial charge is 0.346 e. The molecule has 2 aromatic carbocycles. The van der Waals surface area contributed by atoms with E-state index in [9.17, 15) is 13.2 Å². The van der Waals surface area contributed by atoms with Crippen LogP contribution in [0.1, 0.15) is 45.6 Å². The van der Waals surface area contributed by atoms with E-state index in [1.54, 1.807) is 19.1 Å². The van der Waals surface area contributed by atoms with Gasteiger partial charge in [-0.1, -0.05) is 29.8 Å². The van der Waals surface area contributed by atoms with Crippen LogP contribution in [0.3, 0.4) is 0 Å². The zero-order valence-corrected chi connectivity index (χ0v) is 19.2. The zero-order chi connectivity index (χ0) is 22.1. The van der Waals surface area contributed by atoms with Gasteiger partial charge in [0.15, 0.2) is 0 Å². The summed E-state index contributed by atoms with van der Waals surface area (Å²) in [7, 11) is -1.66. The normalized spacial score (nSPS) is 17.0. The second-order valence-electron chi connectivity index (χ2n) is 8.24. The van der Waals surface area contributed by atoms with Crippen molar-refractivity contribution in [3.05, 3.63) is 64.2 Å². The molecule has 0 aromatic heterocycles. The summed E-state index contributed by atoms with van der Waals surface area (Å²) in [5.41, 5.74) is 4.29. The van der Waals surface area contributed by atoms with Crippen molar-refractivity contribution < 1.29 is 13.2 Å². The maximum Gasteiger partial charge on any atom is 0.251 e. The number of likely N-dealkylation sites (N-methyl/N-ethyl adjacent to an activating group) is 1. The average Bonchev–Trinajstić information content (AvgIpc) is 2.70. The highest BCUT2D eigenvalue weighted by Crippen LogP contribution is 2.24. The number of amides is 1. The molecule has 0 radical (unpaired) electrons. The number of hydrogen-bond acceptors (Lipinski definition) is 4. The third kappa shape index (κ3) is 4.74. The van der Waals surface area contributed by atoms with Crippen LogP contribution >= 0.6 is 0 Å². The molecule has 6 nitrogen and oxygen atoms in total. The third-order valence-corrected chi connectivity index (χ3v) is 7.82. The van der Waals surface area contributed by atoms with Crippen molar-refractivity contribution in [2.24, 2.45) is 0 Å². The fourth-order valence-corrected chi connectivity index (χ4v) is 5.44. The molecular weight excluding hydrogens is 398 g/mol. The summed E-state index contributed by atoms with van der Waals surface area (Å²) in [4.78, 5) is 15.2. The number of nitrogens with zero attached hydrogens (tertiary/aromatic N) is 2. The third-order valence-electron chi connectivity index (χ3n) is 5.78. The van der Waals surface area contributed by atoms with E-state index < -0.39 is 10.0 Å². The summed E-state index contributed by atoms with van der Waals surface area (Å²) in [5, 5.41) is 3.01. The Kier molecular flexibility index (Phi) is 6.65. The molecule has 1 N–H and O–H groups in total. The van der Waals surface area contributed by atoms with E-state index in [2.05, 4.69) is 16.3 Å². The predicted octanol–water partition coefficient (Wildman–Crippen LogP) is 3.04. The number of sulfonamides is 1. The molecule has 162 valence electrons. The first kappa shape index (κ1) is 22.5. The molecule has 1 aliphatic heterocycles. The molecule has 0 aliphatic carbocycles. The maximum atomic E-state index is 13.2. The van der Waals surface area contributed by atoms with Crippen LogP contribution < -0.4 is 5.32 Å². The van der Waals surface area contributed by atoms with Gasteiger partial charge >= 0.3 is 0 Å². The molecule has 2 aromatic rings. The Labute approximate surface area is 179 Å². The van der Waals surface area contributed by atoms with Crippen LogP contribution in [0, 0.1) is 20.8 Å². The van der Waals surface area contributed by atoms with Crippen molar-refractivity contribution in [1.29, 1.82) is 0 Å². The van der Waals surface area contributed by atoms with Crippen LogP contribution in [0.2, 0.25) is 0 Å². The standard InChI is InChI=1S/C23H31N3O3S/c1-16-6-7-17(2)21(14-16)19(4)24-23(27)20-9-8-18(3)22(15-20)30(28,29)26-12-10-25(5)11-13-26/h6-9,14-15,19H,10-13H2,1-5H3,(H,24,27). The van der Waals surface area contributed by atoms with Gasteiger partial charge < -0.3 is 10.2 Å². The minimum atomic E-state index is -3.64. The number of nitrogens with one attached hydrogen (secondary N) is 1. The maximum absolute atomic E-state index is 13.2. The first-order valence-corrected chi connectivity index (χ1v) is 11.7. The summed E-state index contributed by atoms with van der Waals surface area (Å²) in [6.07, 6.45) is 0. The summed E-state index contributed by atoms with van der Waals surface area (Å²) in [5.74, 6) is -0.279. The van der Waals surface area contributed by atoms with Gasteiger partial charge in [-0.3, -0.25) is 4.79 Å². The molecule has 1 amide bonds. The van der Waals surface area contributed by atoms with E-state index >= 15 is 0 Å². The van der Waals surface area contributed by atoms with Crippen LogP contribution in [0.4, 0.5) is 0 Å². The highest BCUT2D eigenvalue weighted by molar-refractivity contribution is 7.89. The van der Waals surface area contributed by atoms with Crippen LogP contribution in [0.25, 0.3) is 0 Å². The monoisotopic (exact) mass is 429 g/mol. The van der Waals surface area contributed by atoms with Crippen molar-refractivity contribution in [2.75, 3.05) is 33.2 Å². The summed E-state index contributed by atoms with van der Waals surface area (Å²) in [6.45, 7) is 10.1. The van der Waals surface area contributed by atoms with E-state index in [4.69, 9.17) is 0 Å². The lowest BCUT2D eigenvalue weighted by molar-refractivity contribution is 0.0939. The van der Waals surface area contributed by atoms with Crippen LogP contribution in [0.15, 0.2) is 41.3 Å². The molecule has 1 saturated heterocycles. The van der Waals surface area contributed by atoms with Crippen molar-refractivity contribution in [3.8, 4) is 0 Å². The summed E-state index contributed by atoms with van der Waals surface area (Å²) in [6, 6.07) is 10.9. The van der Waals surface area contributed by atoms with Gasteiger partial charge in [0.05, 0.1) is 10.9 Å². The second-order valence-corrected chi connectivity index (χ2v) is 10.1. The highest BCUT2D eigenvalue weighted by Gasteiger charge is 2.29. The lowest BCUT2D eigenvalue weighted by atomic mass is 9.99. The van der Waals surface area contributed by atoms with E-state index in [-0.39, 0.29) is 16.8 Å². The van der Waals surface area contributed by atoms with Crippen LogP contribution in [-0.4, -0.2) is 56.8 Å². The van der Waals surface area contributed by atoms with E-state index in [1.165, 1.54) is 10.4 Å². The van der Waals surface area contributed by atoms with Crippen molar-refractivity contribution in [3.63, 3.8) is 0 Å². The van der Waals surface area contributed by atoms with E-state index in [0.29, 0.717) is 37.3 Å². The predicted molar refractivity (Wildman–Crippen MR) is 119 cm³/mol. The Bertz CT molecular complexity index is 1040. The molecule has 0 spiro atoms. The Balaban J connectivity index is 1.83. The molecule has 1 fully saturated rings. The summed E-state index contributed by atoms with van der Waals surface area (Å²) >= 11 is 0. The molecule has 3 rings (SSSR count). The summed E-state index contributed by atoms with van der Waals surface area (Å²) < 4.78 is 27.9. The number of rotatable bonds is 5. The average molecular weight is 430 g/mol. The second kappa shape index (κ2) is 8.88. The number of carbonyl (C=O) groups is 1. The van der Waals surface area contributed by atoms with Crippen molar-refractivity contribution in [1.82, 2.24) is 14.5 Å². The fraction of sp³-hybridized carbons (Fsp3) is 0.435. The highest BCUT2D eigenvalue weighted by atomic mass is 32.2. The van der Waals surface area contributed by atoms with E-state index in [0.717, 1.165) is 16.7 Å². The van der Waals surface area contributed by atoms with Crippen LogP contribution in [0.5, 0.6) is 0 Å². The lowest BCUT2D eigenvalue weighted by Gasteiger charge is -2.32. The zero-order valence-electron chi connectivity index (χ0n) is 18.4.